The van der Waals surface area contributed by atoms with E-state index >= 15 is 0 Å². The Labute approximate surface area is 70.0 Å². The summed E-state index contributed by atoms with van der Waals surface area (Å²) in [5.41, 5.74) is 1.26. The van der Waals surface area contributed by atoms with Gasteiger partial charge in [-0.2, -0.15) is 0 Å². The fraction of sp³-hybridized carbons (Fsp3) is 0.143. The van der Waals surface area contributed by atoms with Crippen LogP contribution in [0.2, 0.25) is 0 Å². The lowest BCUT2D eigenvalue weighted by Crippen LogP contribution is -1.84. The van der Waals surface area contributed by atoms with Gasteiger partial charge in [-0.3, -0.25) is 0 Å². The molecule has 0 N–H and O–H groups in total. The molecule has 0 amide bonds. The van der Waals surface area contributed by atoms with Gasteiger partial charge in [0.2, 0.25) is 0 Å². The van der Waals surface area contributed by atoms with Crippen LogP contribution in [0.4, 0.5) is 0 Å². The highest BCUT2D eigenvalue weighted by molar-refractivity contribution is 9.08. The molecule has 1 rings (SSSR count). The van der Waals surface area contributed by atoms with Crippen LogP contribution < -0.4 is 4.65 Å². The van der Waals surface area contributed by atoms with Crippen molar-refractivity contribution in [2.24, 2.45) is 0 Å². The quantitative estimate of drug-likeness (QED) is 0.517. The smallest absolute Gasteiger partial charge is 0.322 e. The molecule has 0 heterocycles. The van der Waals surface area contributed by atoms with Gasteiger partial charge < -0.3 is 4.65 Å². The lowest BCUT2D eigenvalue weighted by Gasteiger charge is -1.99. The summed E-state index contributed by atoms with van der Waals surface area (Å²) in [4.78, 5) is 0. The highest BCUT2D eigenvalue weighted by Gasteiger charge is 1.89. The Morgan fingerprint density at radius 2 is 1.90 bits per heavy atom. The van der Waals surface area contributed by atoms with Crippen LogP contribution in [0.25, 0.3) is 0 Å². The van der Waals surface area contributed by atoms with E-state index in [4.69, 9.17) is 4.65 Å². The summed E-state index contributed by atoms with van der Waals surface area (Å²) in [7, 11) is 1.67. The first kappa shape index (κ1) is 7.67. The van der Waals surface area contributed by atoms with Crippen LogP contribution in [0.3, 0.4) is 0 Å². The van der Waals surface area contributed by atoms with Crippen LogP contribution in [-0.4, -0.2) is 8.05 Å². The molecule has 3 heteroatoms. The van der Waals surface area contributed by atoms with Crippen molar-refractivity contribution in [3.8, 4) is 5.75 Å². The Kier molecular flexibility index (Phi) is 2.81. The maximum Gasteiger partial charge on any atom is 0.322 e. The first-order valence-corrected chi connectivity index (χ1v) is 4.18. The molecule has 1 aromatic carbocycles. The Morgan fingerprint density at radius 1 is 1.30 bits per heavy atom. The second-order valence-corrected chi connectivity index (χ2v) is 2.54. The number of benzene rings is 1. The average Bonchev–Trinajstić information content (AvgIpc) is 2.05. The Hall–Kier alpha value is -0.435. The zero-order chi connectivity index (χ0) is 7.40. The van der Waals surface area contributed by atoms with Gasteiger partial charge >= 0.3 is 8.05 Å². The lowest BCUT2D eigenvalue weighted by atomic mass is 10.2. The van der Waals surface area contributed by atoms with Crippen LogP contribution in [-0.2, 0) is 5.33 Å². The van der Waals surface area contributed by atoms with Gasteiger partial charge in [0.05, 0.1) is 5.75 Å². The summed E-state index contributed by atoms with van der Waals surface area (Å²) in [5.74, 6) is 0.907. The predicted molar refractivity (Wildman–Crippen MR) is 48.2 cm³/mol. The molecule has 0 atom stereocenters. The minimum atomic E-state index is 0.900. The molecule has 1 nitrogen and oxygen atoms in total. The monoisotopic (exact) mass is 198 g/mol. The van der Waals surface area contributed by atoms with E-state index < -0.39 is 0 Å². The van der Waals surface area contributed by atoms with Gasteiger partial charge in [0.15, 0.2) is 0 Å². The van der Waals surface area contributed by atoms with Crippen molar-refractivity contribution in [2.45, 2.75) is 5.33 Å². The normalized spacial score (nSPS) is 9.30. The second kappa shape index (κ2) is 3.66. The fourth-order valence-corrected chi connectivity index (χ4v) is 1.09. The summed E-state index contributed by atoms with van der Waals surface area (Å²) in [6, 6.07) is 7.98. The molecule has 0 spiro atoms. The minimum absolute atomic E-state index is 0.900. The van der Waals surface area contributed by atoms with Crippen LogP contribution in [0.5, 0.6) is 5.75 Å². The molecular formula is C7H8BBrO. The van der Waals surface area contributed by atoms with Crippen LogP contribution in [0.1, 0.15) is 5.56 Å². The summed E-state index contributed by atoms with van der Waals surface area (Å²) in [6.45, 7) is 0. The third kappa shape index (κ3) is 1.77. The molecule has 0 bridgehead atoms. The van der Waals surface area contributed by atoms with Crippen molar-refractivity contribution >= 4 is 24.0 Å². The van der Waals surface area contributed by atoms with Crippen LogP contribution >= 0.6 is 15.9 Å². The largest absolute Gasteiger partial charge is 0.568 e. The van der Waals surface area contributed by atoms with Crippen molar-refractivity contribution in [3.63, 3.8) is 0 Å². The summed E-state index contributed by atoms with van der Waals surface area (Å²) < 4.78 is 5.00. The standard InChI is InChI=1S/C7H8BBrO/c8-10-7-3-1-6(5-9)2-4-7/h1-4H,5,8H2. The molecule has 52 valence electrons. The van der Waals surface area contributed by atoms with E-state index in [9.17, 15) is 0 Å². The first-order valence-electron chi connectivity index (χ1n) is 3.05. The van der Waals surface area contributed by atoms with Crippen molar-refractivity contribution in [3.05, 3.63) is 29.8 Å². The van der Waals surface area contributed by atoms with E-state index in [-0.39, 0.29) is 0 Å². The second-order valence-electron chi connectivity index (χ2n) is 1.98. The van der Waals surface area contributed by atoms with E-state index in [1.165, 1.54) is 5.56 Å². The SMILES string of the molecule is BOc1ccc(CBr)cc1. The molecule has 0 aliphatic heterocycles. The van der Waals surface area contributed by atoms with E-state index in [1.807, 2.05) is 24.3 Å². The molecule has 0 aromatic heterocycles. The van der Waals surface area contributed by atoms with Crippen molar-refractivity contribution in [2.75, 3.05) is 0 Å². The maximum absolute atomic E-state index is 5.00. The van der Waals surface area contributed by atoms with Gasteiger partial charge in [-0.15, -0.1) is 0 Å². The van der Waals surface area contributed by atoms with Gasteiger partial charge in [0.1, 0.15) is 0 Å². The maximum atomic E-state index is 5.00. The molecule has 0 saturated heterocycles. The van der Waals surface area contributed by atoms with Crippen molar-refractivity contribution in [1.29, 1.82) is 0 Å². The van der Waals surface area contributed by atoms with Gasteiger partial charge in [-0.05, 0) is 17.7 Å². The highest BCUT2D eigenvalue weighted by atomic mass is 79.9. The van der Waals surface area contributed by atoms with Crippen LogP contribution in [0.15, 0.2) is 24.3 Å². The highest BCUT2D eigenvalue weighted by Crippen LogP contribution is 2.12. The minimum Gasteiger partial charge on any atom is -0.568 e. The molecule has 0 unspecified atom stereocenters. The molecular weight excluding hydrogens is 191 g/mol. The molecule has 0 saturated carbocycles. The molecule has 1 aromatic rings. The zero-order valence-electron chi connectivity index (χ0n) is 5.80. The van der Waals surface area contributed by atoms with Crippen molar-refractivity contribution in [1.82, 2.24) is 0 Å². The summed E-state index contributed by atoms with van der Waals surface area (Å²) in [6.07, 6.45) is 0. The number of halogens is 1. The fourth-order valence-electron chi connectivity index (χ4n) is 0.715. The lowest BCUT2D eigenvalue weighted by molar-refractivity contribution is 0.616. The summed E-state index contributed by atoms with van der Waals surface area (Å²) >= 11 is 3.36. The number of hydrogen-bond donors (Lipinski definition) is 0. The first-order chi connectivity index (χ1) is 4.86. The average molecular weight is 199 g/mol. The van der Waals surface area contributed by atoms with Gasteiger partial charge in [0.25, 0.3) is 0 Å². The molecule has 10 heavy (non-hydrogen) atoms. The number of rotatable bonds is 2. The molecule has 0 aliphatic rings. The number of hydrogen-bond acceptors (Lipinski definition) is 1. The Bertz CT molecular complexity index is 174. The third-order valence-electron chi connectivity index (χ3n) is 1.31. The van der Waals surface area contributed by atoms with Gasteiger partial charge in [0, 0.05) is 5.33 Å². The topological polar surface area (TPSA) is 9.23 Å². The van der Waals surface area contributed by atoms with Gasteiger partial charge in [-0.25, -0.2) is 0 Å². The number of alkyl halides is 1. The van der Waals surface area contributed by atoms with E-state index in [2.05, 4.69) is 15.9 Å². The zero-order valence-corrected chi connectivity index (χ0v) is 7.39. The third-order valence-corrected chi connectivity index (χ3v) is 1.96. The Balaban J connectivity index is 2.80. The molecule has 0 radical (unpaired) electrons. The molecule has 0 fully saturated rings. The summed E-state index contributed by atoms with van der Waals surface area (Å²) in [5, 5.41) is 0.900. The van der Waals surface area contributed by atoms with E-state index in [0.717, 1.165) is 11.1 Å². The van der Waals surface area contributed by atoms with Crippen LogP contribution in [0, 0.1) is 0 Å². The predicted octanol–water partition coefficient (Wildman–Crippen LogP) is 1.51. The van der Waals surface area contributed by atoms with Crippen molar-refractivity contribution < 1.29 is 4.65 Å². The van der Waals surface area contributed by atoms with Gasteiger partial charge in [-0.1, -0.05) is 28.1 Å². The van der Waals surface area contributed by atoms with E-state index in [1.54, 1.807) is 8.05 Å². The molecule has 0 aliphatic carbocycles. The Morgan fingerprint density at radius 3 is 2.30 bits per heavy atom. The van der Waals surface area contributed by atoms with E-state index in [0.29, 0.717) is 0 Å².